The summed E-state index contributed by atoms with van der Waals surface area (Å²) >= 11 is 0. The van der Waals surface area contributed by atoms with Crippen molar-refractivity contribution in [2.75, 3.05) is 39.7 Å². The highest BCUT2D eigenvalue weighted by Crippen LogP contribution is 2.36. The summed E-state index contributed by atoms with van der Waals surface area (Å²) in [7, 11) is 5.70. The molecule has 0 spiro atoms. The minimum atomic E-state index is -0.976. The zero-order valence-corrected chi connectivity index (χ0v) is 20.8. The van der Waals surface area contributed by atoms with Crippen molar-refractivity contribution >= 4 is 23.2 Å². The molecule has 0 bridgehead atoms. The van der Waals surface area contributed by atoms with Gasteiger partial charge in [-0.25, -0.2) is 0 Å². The Morgan fingerprint density at radius 1 is 1.11 bits per heavy atom. The zero-order chi connectivity index (χ0) is 25.5. The maximum Gasteiger partial charge on any atom is 0.256 e. The molecule has 0 saturated heterocycles. The highest BCUT2D eigenvalue weighted by Gasteiger charge is 2.27. The Balaban J connectivity index is 1.48. The minimum Gasteiger partial charge on any atom is -0.495 e. The van der Waals surface area contributed by atoms with Crippen LogP contribution >= 0.6 is 0 Å². The zero-order valence-electron chi connectivity index (χ0n) is 20.8. The third kappa shape index (κ3) is 5.98. The van der Waals surface area contributed by atoms with E-state index in [0.29, 0.717) is 46.0 Å². The van der Waals surface area contributed by atoms with Gasteiger partial charge in [-0.15, -0.1) is 0 Å². The van der Waals surface area contributed by atoms with Crippen molar-refractivity contribution in [3.05, 3.63) is 77.1 Å². The molecule has 3 N–H and O–H groups in total. The molecule has 1 aromatic heterocycles. The molecule has 7 heteroatoms. The Morgan fingerprint density at radius 2 is 1.92 bits per heavy atom. The first-order valence-electron chi connectivity index (χ1n) is 11.9. The minimum absolute atomic E-state index is 0.214. The topological polar surface area (TPSA) is 86.8 Å². The molecular weight excluding hydrogens is 454 g/mol. The number of nitrogens with zero attached hydrogens (tertiary/aromatic N) is 1. The molecule has 2 heterocycles. The normalized spacial score (nSPS) is 14.2. The molecule has 2 aromatic carbocycles. The number of hydrogen-bond acceptors (Lipinski definition) is 5. The van der Waals surface area contributed by atoms with Crippen molar-refractivity contribution in [2.24, 2.45) is 0 Å². The van der Waals surface area contributed by atoms with Crippen LogP contribution in [0.5, 0.6) is 11.5 Å². The fraction of sp³-hybridized carbons (Fsp3) is 0.276. The number of unbranched alkanes of at least 4 members (excludes halogenated alkanes) is 1. The van der Waals surface area contributed by atoms with Crippen LogP contribution in [0, 0.1) is 11.8 Å². The Morgan fingerprint density at radius 3 is 2.67 bits per heavy atom. The molecule has 1 aliphatic rings. The molecule has 1 amide bonds. The SMILES string of the molecule is COc1cc[nH]c1C=C1C(=O)Nc2cccc(C#CC(O)c3ccc(OCCCCN(C)C)cc3)c21. The molecular formula is C29H31N3O4. The van der Waals surface area contributed by atoms with Gasteiger partial charge in [0.1, 0.15) is 17.6 Å². The van der Waals surface area contributed by atoms with E-state index in [9.17, 15) is 9.90 Å². The summed E-state index contributed by atoms with van der Waals surface area (Å²) in [5, 5.41) is 13.6. The third-order valence-corrected chi connectivity index (χ3v) is 5.88. The highest BCUT2D eigenvalue weighted by atomic mass is 16.5. The quantitative estimate of drug-likeness (QED) is 0.239. The Bertz CT molecular complexity index is 1300. The number of benzene rings is 2. The number of aliphatic hydroxyl groups excluding tert-OH is 1. The van der Waals surface area contributed by atoms with Crippen LogP contribution in [-0.4, -0.2) is 55.3 Å². The molecule has 7 nitrogen and oxygen atoms in total. The average Bonchev–Trinajstić information content (AvgIpc) is 3.46. The van der Waals surface area contributed by atoms with Crippen LogP contribution in [0.1, 0.15) is 41.3 Å². The number of methoxy groups -OCH3 is 1. The second kappa shape index (κ2) is 11.6. The predicted molar refractivity (Wildman–Crippen MR) is 142 cm³/mol. The summed E-state index contributed by atoms with van der Waals surface area (Å²) in [6, 6.07) is 14.6. The van der Waals surface area contributed by atoms with Crippen molar-refractivity contribution in [3.8, 4) is 23.3 Å². The fourth-order valence-corrected chi connectivity index (χ4v) is 3.99. The molecule has 3 aromatic rings. The van der Waals surface area contributed by atoms with Gasteiger partial charge >= 0.3 is 0 Å². The Labute approximate surface area is 211 Å². The van der Waals surface area contributed by atoms with Crippen molar-refractivity contribution < 1.29 is 19.4 Å². The fourth-order valence-electron chi connectivity index (χ4n) is 3.99. The van der Waals surface area contributed by atoms with E-state index >= 15 is 0 Å². The summed E-state index contributed by atoms with van der Waals surface area (Å²) in [4.78, 5) is 17.9. The van der Waals surface area contributed by atoms with Crippen LogP contribution < -0.4 is 14.8 Å². The van der Waals surface area contributed by atoms with E-state index in [-0.39, 0.29) is 5.91 Å². The van der Waals surface area contributed by atoms with Gasteiger partial charge in [0.15, 0.2) is 0 Å². The molecule has 4 rings (SSSR count). The lowest BCUT2D eigenvalue weighted by molar-refractivity contribution is -0.110. The van der Waals surface area contributed by atoms with Crippen molar-refractivity contribution in [2.45, 2.75) is 18.9 Å². The van der Waals surface area contributed by atoms with Crippen LogP contribution in [-0.2, 0) is 4.79 Å². The van der Waals surface area contributed by atoms with Gasteiger partial charge in [0.25, 0.3) is 5.91 Å². The number of nitrogens with one attached hydrogen (secondary N) is 2. The van der Waals surface area contributed by atoms with Gasteiger partial charge in [-0.1, -0.05) is 30.0 Å². The number of aliphatic hydroxyl groups is 1. The second-order valence-electron chi connectivity index (χ2n) is 8.80. The van der Waals surface area contributed by atoms with Crippen LogP contribution in [0.3, 0.4) is 0 Å². The number of ether oxygens (including phenoxy) is 2. The summed E-state index contributed by atoms with van der Waals surface area (Å²) < 4.78 is 11.1. The van der Waals surface area contributed by atoms with Crippen molar-refractivity contribution in [1.82, 2.24) is 9.88 Å². The number of aromatic nitrogens is 1. The number of amides is 1. The average molecular weight is 486 g/mol. The molecule has 1 unspecified atom stereocenters. The number of fused-ring (bicyclic) bond motifs is 1. The lowest BCUT2D eigenvalue weighted by atomic mass is 9.99. The van der Waals surface area contributed by atoms with E-state index in [2.05, 4.69) is 41.1 Å². The molecule has 1 aliphatic heterocycles. The summed E-state index contributed by atoms with van der Waals surface area (Å²) in [6.07, 6.45) is 4.60. The molecule has 36 heavy (non-hydrogen) atoms. The van der Waals surface area contributed by atoms with Gasteiger partial charge in [-0.3, -0.25) is 4.79 Å². The van der Waals surface area contributed by atoms with Crippen molar-refractivity contribution in [3.63, 3.8) is 0 Å². The van der Waals surface area contributed by atoms with Gasteiger partial charge in [0.05, 0.1) is 30.7 Å². The number of carbonyl (C=O) groups excluding carboxylic acids is 1. The van der Waals surface area contributed by atoms with Crippen LogP contribution in [0.2, 0.25) is 0 Å². The largest absolute Gasteiger partial charge is 0.495 e. The predicted octanol–water partition coefficient (Wildman–Crippen LogP) is 4.32. The molecule has 0 aliphatic carbocycles. The monoisotopic (exact) mass is 485 g/mol. The molecule has 1 atom stereocenters. The number of carbonyl (C=O) groups is 1. The van der Waals surface area contributed by atoms with E-state index in [1.165, 1.54) is 0 Å². The van der Waals surface area contributed by atoms with Gasteiger partial charge in [-0.2, -0.15) is 0 Å². The smallest absolute Gasteiger partial charge is 0.256 e. The van der Waals surface area contributed by atoms with Gasteiger partial charge in [0.2, 0.25) is 0 Å². The maximum absolute atomic E-state index is 12.7. The number of hydrogen-bond donors (Lipinski definition) is 3. The van der Waals surface area contributed by atoms with Crippen LogP contribution in [0.25, 0.3) is 11.6 Å². The molecule has 186 valence electrons. The Kier molecular flexibility index (Phi) is 8.11. The van der Waals surface area contributed by atoms with Crippen molar-refractivity contribution in [1.29, 1.82) is 0 Å². The van der Waals surface area contributed by atoms with Crippen LogP contribution in [0.4, 0.5) is 5.69 Å². The van der Waals surface area contributed by atoms with Gasteiger partial charge in [0, 0.05) is 17.3 Å². The second-order valence-corrected chi connectivity index (χ2v) is 8.80. The first-order valence-corrected chi connectivity index (χ1v) is 11.9. The standard InChI is InChI=1S/C29H31N3O4/c1-32(2)17-4-5-18-36-22-12-9-20(10-13-22)26(33)14-11-21-7-6-8-24-28(21)23(29(34)31-24)19-25-27(35-3)15-16-30-25/h6-10,12-13,15-16,19,26,30,33H,4-5,17-18H2,1-3H3,(H,31,34). The number of anilines is 1. The van der Waals surface area contributed by atoms with Gasteiger partial charge in [-0.05, 0) is 75.5 Å². The van der Waals surface area contributed by atoms with Gasteiger partial charge < -0.3 is 29.8 Å². The molecule has 0 saturated carbocycles. The summed E-state index contributed by atoms with van der Waals surface area (Å²) in [6.45, 7) is 1.70. The lowest BCUT2D eigenvalue weighted by Gasteiger charge is -2.10. The summed E-state index contributed by atoms with van der Waals surface area (Å²) in [5.41, 5.74) is 3.90. The number of aromatic amines is 1. The van der Waals surface area contributed by atoms with E-state index < -0.39 is 6.10 Å². The maximum atomic E-state index is 12.7. The lowest BCUT2D eigenvalue weighted by Crippen LogP contribution is -2.13. The first-order chi connectivity index (χ1) is 17.5. The molecule has 0 fully saturated rings. The van der Waals surface area contributed by atoms with E-state index in [1.807, 2.05) is 42.5 Å². The van der Waals surface area contributed by atoms with Crippen LogP contribution in [0.15, 0.2) is 54.7 Å². The highest BCUT2D eigenvalue weighted by molar-refractivity contribution is 6.35. The van der Waals surface area contributed by atoms with E-state index in [0.717, 1.165) is 25.1 Å². The van der Waals surface area contributed by atoms with E-state index in [4.69, 9.17) is 9.47 Å². The summed E-state index contributed by atoms with van der Waals surface area (Å²) in [5.74, 6) is 7.17. The van der Waals surface area contributed by atoms with E-state index in [1.54, 1.807) is 25.4 Å². The number of rotatable bonds is 9. The number of H-pyrrole nitrogens is 1. The Hall–Kier alpha value is -3.99. The molecule has 0 radical (unpaired) electrons. The third-order valence-electron chi connectivity index (χ3n) is 5.88. The first kappa shape index (κ1) is 25.1.